The van der Waals surface area contributed by atoms with E-state index in [1.807, 2.05) is 30.3 Å². The second-order valence-electron chi connectivity index (χ2n) is 8.02. The van der Waals surface area contributed by atoms with Crippen molar-refractivity contribution >= 4 is 22.4 Å². The Morgan fingerprint density at radius 1 is 0.944 bits per heavy atom. The molecule has 9 heteroatoms. The van der Waals surface area contributed by atoms with Gasteiger partial charge in [0.05, 0.1) is 23.9 Å². The zero-order valence-electron chi connectivity index (χ0n) is 18.9. The molecule has 0 radical (unpaired) electrons. The van der Waals surface area contributed by atoms with Crippen LogP contribution in [0.3, 0.4) is 0 Å². The highest BCUT2D eigenvalue weighted by molar-refractivity contribution is 5.94. The molecule has 5 aromatic rings. The molecule has 0 saturated carbocycles. The van der Waals surface area contributed by atoms with E-state index in [2.05, 4.69) is 15.3 Å². The molecule has 0 fully saturated rings. The molecule has 0 aliphatic carbocycles. The summed E-state index contributed by atoms with van der Waals surface area (Å²) in [7, 11) is 0. The van der Waals surface area contributed by atoms with Crippen LogP contribution in [0.2, 0.25) is 0 Å². The van der Waals surface area contributed by atoms with Crippen LogP contribution in [-0.2, 0) is 19.3 Å². The van der Waals surface area contributed by atoms with E-state index in [1.54, 1.807) is 30.5 Å². The highest BCUT2D eigenvalue weighted by Crippen LogP contribution is 2.39. The van der Waals surface area contributed by atoms with Crippen molar-refractivity contribution in [3.63, 3.8) is 0 Å². The molecule has 3 aromatic carbocycles. The third-order valence-electron chi connectivity index (χ3n) is 5.66. The number of furan rings is 1. The van der Waals surface area contributed by atoms with Crippen molar-refractivity contribution in [2.75, 3.05) is 5.32 Å². The molecule has 3 N–H and O–H groups in total. The first-order valence-corrected chi connectivity index (χ1v) is 11.1. The molecule has 2 heterocycles. The van der Waals surface area contributed by atoms with E-state index in [1.165, 1.54) is 18.5 Å². The monoisotopic (exact) mass is 490 g/mol. The molecule has 0 amide bonds. The standard InChI is InChI=1S/C27H21F3N4O2/c28-27(29,30)22-13-19(7-9-24(22)36-15-17-4-2-1-3-5-17)34-26-21-12-18(6-8-23(21)32-16-33-26)20-10-11-35-25(20)14-31/h1-13,16H,14-15,31H2,(H,32,33,34). The Hall–Kier alpha value is -4.37. The largest absolute Gasteiger partial charge is 0.488 e. The summed E-state index contributed by atoms with van der Waals surface area (Å²) in [6, 6.07) is 20.2. The Bertz CT molecular complexity index is 1500. The molecule has 6 nitrogen and oxygen atoms in total. The predicted molar refractivity (Wildman–Crippen MR) is 131 cm³/mol. The maximum absolute atomic E-state index is 13.9. The molecule has 0 saturated heterocycles. The van der Waals surface area contributed by atoms with Gasteiger partial charge in [-0.05, 0) is 47.5 Å². The van der Waals surface area contributed by atoms with Gasteiger partial charge in [-0.1, -0.05) is 36.4 Å². The molecule has 5 rings (SSSR count). The molecule has 0 unspecified atom stereocenters. The fraction of sp³-hybridized carbons (Fsp3) is 0.111. The highest BCUT2D eigenvalue weighted by Gasteiger charge is 2.35. The second kappa shape index (κ2) is 9.71. The van der Waals surface area contributed by atoms with Crippen LogP contribution in [0.4, 0.5) is 24.7 Å². The number of benzene rings is 3. The van der Waals surface area contributed by atoms with Crippen molar-refractivity contribution in [3.8, 4) is 16.9 Å². The lowest BCUT2D eigenvalue weighted by molar-refractivity contribution is -0.139. The summed E-state index contributed by atoms with van der Waals surface area (Å²) >= 11 is 0. The number of alkyl halides is 3. The Balaban J connectivity index is 1.47. The first-order chi connectivity index (χ1) is 17.4. The lowest BCUT2D eigenvalue weighted by Gasteiger charge is -2.16. The first-order valence-electron chi connectivity index (χ1n) is 11.1. The van der Waals surface area contributed by atoms with Crippen LogP contribution in [0, 0.1) is 0 Å². The van der Waals surface area contributed by atoms with Gasteiger partial charge in [0.1, 0.15) is 30.3 Å². The number of anilines is 2. The number of hydrogen-bond acceptors (Lipinski definition) is 6. The number of ether oxygens (including phenoxy) is 1. The summed E-state index contributed by atoms with van der Waals surface area (Å²) in [5.41, 5.74) is 8.15. The highest BCUT2D eigenvalue weighted by atomic mass is 19.4. The van der Waals surface area contributed by atoms with Gasteiger partial charge in [0.25, 0.3) is 0 Å². The smallest absolute Gasteiger partial charge is 0.420 e. The zero-order chi connectivity index (χ0) is 25.1. The van der Waals surface area contributed by atoms with Crippen molar-refractivity contribution in [3.05, 3.63) is 102 Å². The first kappa shape index (κ1) is 23.4. The molecular weight excluding hydrogens is 469 g/mol. The summed E-state index contributed by atoms with van der Waals surface area (Å²) in [6.45, 7) is 0.254. The molecule has 0 atom stereocenters. The SMILES string of the molecule is NCc1occc1-c1ccc2ncnc(Nc3ccc(OCc4ccccc4)c(C(F)(F)F)c3)c2c1. The molecule has 0 aliphatic rings. The fourth-order valence-corrected chi connectivity index (χ4v) is 3.91. The molecule has 0 spiro atoms. The molecule has 36 heavy (non-hydrogen) atoms. The maximum atomic E-state index is 13.9. The van der Waals surface area contributed by atoms with E-state index in [0.717, 1.165) is 22.8 Å². The van der Waals surface area contributed by atoms with Gasteiger partial charge in [0.2, 0.25) is 0 Å². The van der Waals surface area contributed by atoms with Gasteiger partial charge >= 0.3 is 6.18 Å². The number of fused-ring (bicyclic) bond motifs is 1. The molecule has 182 valence electrons. The van der Waals surface area contributed by atoms with Crippen molar-refractivity contribution in [2.24, 2.45) is 5.73 Å². The Morgan fingerprint density at radius 3 is 2.56 bits per heavy atom. The number of nitrogens with one attached hydrogen (secondary N) is 1. The summed E-state index contributed by atoms with van der Waals surface area (Å²) in [6.07, 6.45) is -1.69. The fourth-order valence-electron chi connectivity index (χ4n) is 3.91. The van der Waals surface area contributed by atoms with Crippen molar-refractivity contribution in [2.45, 2.75) is 19.3 Å². The van der Waals surface area contributed by atoms with Gasteiger partial charge < -0.3 is 20.2 Å². The number of nitrogens with two attached hydrogens (primary N) is 1. The quantitative estimate of drug-likeness (QED) is 0.264. The lowest BCUT2D eigenvalue weighted by Crippen LogP contribution is -2.09. The van der Waals surface area contributed by atoms with E-state index in [9.17, 15) is 13.2 Å². The van der Waals surface area contributed by atoms with Crippen LogP contribution in [-0.4, -0.2) is 9.97 Å². The average molecular weight is 490 g/mol. The van der Waals surface area contributed by atoms with Gasteiger partial charge in [0, 0.05) is 16.6 Å². The van der Waals surface area contributed by atoms with Crippen molar-refractivity contribution in [1.82, 2.24) is 9.97 Å². The summed E-state index contributed by atoms with van der Waals surface area (Å²) < 4.78 is 52.6. The van der Waals surface area contributed by atoms with Crippen LogP contribution >= 0.6 is 0 Å². The van der Waals surface area contributed by atoms with Crippen molar-refractivity contribution in [1.29, 1.82) is 0 Å². The number of halogens is 3. The molecule has 0 bridgehead atoms. The van der Waals surface area contributed by atoms with Crippen molar-refractivity contribution < 1.29 is 22.3 Å². The van der Waals surface area contributed by atoms with Gasteiger partial charge in [-0.2, -0.15) is 13.2 Å². The van der Waals surface area contributed by atoms with Crippen LogP contribution in [0.5, 0.6) is 5.75 Å². The average Bonchev–Trinajstić information content (AvgIpc) is 3.37. The van der Waals surface area contributed by atoms with Crippen LogP contribution in [0.25, 0.3) is 22.0 Å². The topological polar surface area (TPSA) is 86.2 Å². The predicted octanol–water partition coefficient (Wildman–Crippen LogP) is 6.69. The number of nitrogens with zero attached hydrogens (tertiary/aromatic N) is 2. The van der Waals surface area contributed by atoms with Gasteiger partial charge in [0.15, 0.2) is 0 Å². The third-order valence-corrected chi connectivity index (χ3v) is 5.66. The number of hydrogen-bond donors (Lipinski definition) is 2. The van der Waals surface area contributed by atoms with E-state index in [4.69, 9.17) is 14.9 Å². The van der Waals surface area contributed by atoms with Gasteiger partial charge in [-0.3, -0.25) is 0 Å². The van der Waals surface area contributed by atoms with E-state index < -0.39 is 11.7 Å². The minimum Gasteiger partial charge on any atom is -0.488 e. The Morgan fingerprint density at radius 2 is 1.78 bits per heavy atom. The zero-order valence-corrected chi connectivity index (χ0v) is 18.9. The molecule has 2 aromatic heterocycles. The Labute approximate surface area is 204 Å². The van der Waals surface area contributed by atoms with Gasteiger partial charge in [-0.15, -0.1) is 0 Å². The Kier molecular flexibility index (Phi) is 6.30. The van der Waals surface area contributed by atoms with Crippen LogP contribution in [0.1, 0.15) is 16.9 Å². The summed E-state index contributed by atoms with van der Waals surface area (Å²) in [5, 5.41) is 3.64. The number of rotatable bonds is 7. The summed E-state index contributed by atoms with van der Waals surface area (Å²) in [4.78, 5) is 8.55. The van der Waals surface area contributed by atoms with E-state index >= 15 is 0 Å². The van der Waals surface area contributed by atoms with Crippen LogP contribution < -0.4 is 15.8 Å². The summed E-state index contributed by atoms with van der Waals surface area (Å²) in [5.74, 6) is 0.744. The normalized spacial score (nSPS) is 11.6. The van der Waals surface area contributed by atoms with Gasteiger partial charge in [-0.25, -0.2) is 9.97 Å². The molecule has 0 aliphatic heterocycles. The lowest BCUT2D eigenvalue weighted by atomic mass is 10.0. The minimum absolute atomic E-state index is 0.0226. The molecular formula is C27H21F3N4O2. The third kappa shape index (κ3) is 4.87. The maximum Gasteiger partial charge on any atom is 0.420 e. The van der Waals surface area contributed by atoms with E-state index in [-0.39, 0.29) is 24.6 Å². The minimum atomic E-state index is -4.61. The number of aromatic nitrogens is 2. The van der Waals surface area contributed by atoms with Crippen LogP contribution in [0.15, 0.2) is 89.8 Å². The second-order valence-corrected chi connectivity index (χ2v) is 8.02. The van der Waals surface area contributed by atoms with E-state index in [0.29, 0.717) is 22.5 Å².